The fourth-order valence-electron chi connectivity index (χ4n) is 3.30. The first-order chi connectivity index (χ1) is 16.5. The van der Waals surface area contributed by atoms with E-state index in [-0.39, 0.29) is 34.2 Å². The summed E-state index contributed by atoms with van der Waals surface area (Å²) in [6.45, 7) is 6.38. The van der Waals surface area contributed by atoms with Gasteiger partial charge < -0.3 is 10.1 Å². The molecule has 0 spiro atoms. The molecule has 0 bridgehead atoms. The molecular weight excluding hydrogens is 507 g/mol. The van der Waals surface area contributed by atoms with Crippen LogP contribution >= 0.6 is 23.2 Å². The fourth-order valence-corrected chi connectivity index (χ4v) is 5.32. The summed E-state index contributed by atoms with van der Waals surface area (Å²) in [5, 5.41) is 3.18. The van der Waals surface area contributed by atoms with Crippen molar-refractivity contribution in [2.45, 2.75) is 31.1 Å². The van der Waals surface area contributed by atoms with E-state index in [0.717, 1.165) is 4.31 Å². The Morgan fingerprint density at radius 2 is 1.63 bits per heavy atom. The number of hydrogen-bond acceptors (Lipinski definition) is 4. The van der Waals surface area contributed by atoms with Crippen LogP contribution in [-0.4, -0.2) is 34.0 Å². The second kappa shape index (κ2) is 11.3. The minimum atomic E-state index is -4.06. The molecule has 3 aromatic carbocycles. The highest BCUT2D eigenvalue weighted by Crippen LogP contribution is 2.32. The summed E-state index contributed by atoms with van der Waals surface area (Å²) in [5.74, 6) is 0.190. The van der Waals surface area contributed by atoms with Gasteiger partial charge in [-0.1, -0.05) is 74.3 Å². The number of carbonyl (C=O) groups excluding carboxylic acids is 1. The van der Waals surface area contributed by atoms with Crippen LogP contribution in [0.25, 0.3) is 0 Å². The van der Waals surface area contributed by atoms with Gasteiger partial charge in [0.1, 0.15) is 18.9 Å². The van der Waals surface area contributed by atoms with Crippen molar-refractivity contribution in [2.75, 3.05) is 24.0 Å². The van der Waals surface area contributed by atoms with Crippen LogP contribution in [0.4, 0.5) is 5.69 Å². The van der Waals surface area contributed by atoms with Gasteiger partial charge in [0, 0.05) is 5.02 Å². The van der Waals surface area contributed by atoms with Gasteiger partial charge in [0.05, 0.1) is 22.2 Å². The maximum Gasteiger partial charge on any atom is 0.264 e. The third-order valence-electron chi connectivity index (χ3n) is 5.21. The third-order valence-corrected chi connectivity index (χ3v) is 7.52. The Labute approximate surface area is 216 Å². The van der Waals surface area contributed by atoms with Crippen molar-refractivity contribution in [3.05, 3.63) is 88.4 Å². The summed E-state index contributed by atoms with van der Waals surface area (Å²) in [6, 6.07) is 20.1. The zero-order chi connectivity index (χ0) is 25.6. The number of ether oxygens (including phenoxy) is 1. The van der Waals surface area contributed by atoms with E-state index in [1.54, 1.807) is 18.2 Å². The number of hydrogen-bond donors (Lipinski definition) is 1. The van der Waals surface area contributed by atoms with Crippen LogP contribution in [-0.2, 0) is 20.2 Å². The van der Waals surface area contributed by atoms with Gasteiger partial charge in [-0.2, -0.15) is 0 Å². The molecule has 0 heterocycles. The standard InChI is InChI=1S/C26H28Cl2N2O4S/c1-26(2,3)19-9-12-21(13-10-19)34-16-15-29-25(31)18-30(24-14-11-20(27)17-23(24)28)35(32,33)22-7-5-4-6-8-22/h4-14,17H,15-16,18H2,1-3H3,(H,29,31). The molecule has 0 atom stereocenters. The second-order valence-electron chi connectivity index (χ2n) is 8.89. The second-order valence-corrected chi connectivity index (χ2v) is 11.6. The van der Waals surface area contributed by atoms with Gasteiger partial charge in [-0.3, -0.25) is 9.10 Å². The average Bonchev–Trinajstić information content (AvgIpc) is 2.81. The van der Waals surface area contributed by atoms with E-state index in [9.17, 15) is 13.2 Å². The summed E-state index contributed by atoms with van der Waals surface area (Å²) in [5.41, 5.74) is 1.40. The van der Waals surface area contributed by atoms with Crippen molar-refractivity contribution in [2.24, 2.45) is 0 Å². The van der Waals surface area contributed by atoms with Gasteiger partial charge in [-0.25, -0.2) is 8.42 Å². The van der Waals surface area contributed by atoms with E-state index in [1.165, 1.54) is 35.9 Å². The van der Waals surface area contributed by atoms with Crippen LogP contribution in [0.15, 0.2) is 77.7 Å². The monoisotopic (exact) mass is 534 g/mol. The van der Waals surface area contributed by atoms with Crippen molar-refractivity contribution in [1.82, 2.24) is 5.32 Å². The van der Waals surface area contributed by atoms with Gasteiger partial charge in [0.15, 0.2) is 0 Å². The predicted octanol–water partition coefficient (Wildman–Crippen LogP) is 5.68. The normalized spacial score (nSPS) is 11.7. The first-order valence-corrected chi connectivity index (χ1v) is 13.2. The van der Waals surface area contributed by atoms with Crippen molar-refractivity contribution >= 4 is 44.8 Å². The lowest BCUT2D eigenvalue weighted by Gasteiger charge is -2.25. The molecule has 0 aliphatic rings. The average molecular weight is 535 g/mol. The lowest BCUT2D eigenvalue weighted by molar-refractivity contribution is -0.119. The molecule has 0 saturated heterocycles. The molecule has 3 rings (SSSR count). The SMILES string of the molecule is CC(C)(C)c1ccc(OCCNC(=O)CN(c2ccc(Cl)cc2Cl)S(=O)(=O)c2ccccc2)cc1. The van der Waals surface area contributed by atoms with E-state index in [4.69, 9.17) is 27.9 Å². The van der Waals surface area contributed by atoms with Crippen molar-refractivity contribution in [3.8, 4) is 5.75 Å². The molecule has 0 saturated carbocycles. The molecular formula is C26H28Cl2N2O4S. The van der Waals surface area contributed by atoms with Crippen LogP contribution < -0.4 is 14.4 Å². The van der Waals surface area contributed by atoms with Crippen molar-refractivity contribution in [1.29, 1.82) is 0 Å². The van der Waals surface area contributed by atoms with Gasteiger partial charge in [-0.15, -0.1) is 0 Å². The molecule has 0 unspecified atom stereocenters. The highest BCUT2D eigenvalue weighted by Gasteiger charge is 2.28. The largest absolute Gasteiger partial charge is 0.492 e. The maximum absolute atomic E-state index is 13.3. The summed E-state index contributed by atoms with van der Waals surface area (Å²) in [6.07, 6.45) is 0. The minimum Gasteiger partial charge on any atom is -0.492 e. The smallest absolute Gasteiger partial charge is 0.264 e. The number of carbonyl (C=O) groups is 1. The molecule has 35 heavy (non-hydrogen) atoms. The maximum atomic E-state index is 13.3. The summed E-state index contributed by atoms with van der Waals surface area (Å²) >= 11 is 12.3. The third kappa shape index (κ3) is 7.13. The highest BCUT2D eigenvalue weighted by molar-refractivity contribution is 7.92. The number of rotatable bonds is 9. The molecule has 0 fully saturated rings. The van der Waals surface area contributed by atoms with Crippen LogP contribution in [0.3, 0.4) is 0 Å². The first-order valence-electron chi connectivity index (χ1n) is 11.0. The number of nitrogens with one attached hydrogen (secondary N) is 1. The fraction of sp³-hybridized carbons (Fsp3) is 0.269. The molecule has 9 heteroatoms. The van der Waals surface area contributed by atoms with Gasteiger partial charge in [0.25, 0.3) is 10.0 Å². The molecule has 0 radical (unpaired) electrons. The summed E-state index contributed by atoms with van der Waals surface area (Å²) < 4.78 is 33.4. The molecule has 186 valence electrons. The molecule has 1 amide bonds. The van der Waals surface area contributed by atoms with Crippen LogP contribution in [0.2, 0.25) is 10.0 Å². The molecule has 0 aliphatic carbocycles. The lowest BCUT2D eigenvalue weighted by atomic mass is 9.87. The van der Waals surface area contributed by atoms with Gasteiger partial charge in [0.2, 0.25) is 5.91 Å². The summed E-state index contributed by atoms with van der Waals surface area (Å²) in [4.78, 5) is 12.7. The lowest BCUT2D eigenvalue weighted by Crippen LogP contribution is -2.42. The Balaban J connectivity index is 1.67. The zero-order valence-electron chi connectivity index (χ0n) is 19.8. The molecule has 0 aromatic heterocycles. The quantitative estimate of drug-likeness (QED) is 0.358. The Bertz CT molecular complexity index is 1260. The number of nitrogens with zero attached hydrogens (tertiary/aromatic N) is 1. The topological polar surface area (TPSA) is 75.7 Å². The minimum absolute atomic E-state index is 0.0425. The van der Waals surface area contributed by atoms with Crippen molar-refractivity contribution in [3.63, 3.8) is 0 Å². The zero-order valence-corrected chi connectivity index (χ0v) is 22.1. The van der Waals surface area contributed by atoms with Crippen molar-refractivity contribution < 1.29 is 17.9 Å². The Kier molecular flexibility index (Phi) is 8.70. The molecule has 1 N–H and O–H groups in total. The van der Waals surface area contributed by atoms with Crippen LogP contribution in [0.5, 0.6) is 5.75 Å². The van der Waals surface area contributed by atoms with Gasteiger partial charge in [-0.05, 0) is 53.4 Å². The number of benzene rings is 3. The Hall–Kier alpha value is -2.74. The van der Waals surface area contributed by atoms with Crippen LogP contribution in [0.1, 0.15) is 26.3 Å². The number of anilines is 1. The Morgan fingerprint density at radius 3 is 2.23 bits per heavy atom. The van der Waals surface area contributed by atoms with E-state index in [1.807, 2.05) is 24.3 Å². The van der Waals surface area contributed by atoms with E-state index in [2.05, 4.69) is 26.1 Å². The molecule has 0 aliphatic heterocycles. The number of amides is 1. The Morgan fingerprint density at radius 1 is 0.971 bits per heavy atom. The molecule has 6 nitrogen and oxygen atoms in total. The van der Waals surface area contributed by atoms with E-state index >= 15 is 0 Å². The van der Waals surface area contributed by atoms with Crippen LogP contribution in [0, 0.1) is 0 Å². The van der Waals surface area contributed by atoms with Gasteiger partial charge >= 0.3 is 0 Å². The highest BCUT2D eigenvalue weighted by atomic mass is 35.5. The summed E-state index contributed by atoms with van der Waals surface area (Å²) in [7, 11) is -4.06. The first kappa shape index (κ1) is 26.9. The van der Waals surface area contributed by atoms with E-state index < -0.39 is 22.5 Å². The molecule has 3 aromatic rings. The van der Waals surface area contributed by atoms with E-state index in [0.29, 0.717) is 10.8 Å². The number of sulfonamides is 1. The number of halogens is 2. The predicted molar refractivity (Wildman–Crippen MR) is 141 cm³/mol.